The van der Waals surface area contributed by atoms with Gasteiger partial charge < -0.3 is 9.80 Å². The fourth-order valence-corrected chi connectivity index (χ4v) is 2.83. The topological polar surface area (TPSA) is 83.8 Å². The Morgan fingerprint density at radius 1 is 0.815 bits per heavy atom. The van der Waals surface area contributed by atoms with Crippen LogP contribution < -0.4 is 0 Å². The van der Waals surface area contributed by atoms with Crippen molar-refractivity contribution in [3.8, 4) is 0 Å². The monoisotopic (exact) mass is 375 g/mol. The van der Waals surface area contributed by atoms with E-state index in [0.29, 0.717) is 5.56 Å². The second kappa shape index (κ2) is 7.48. The van der Waals surface area contributed by atoms with Crippen LogP contribution in [0.1, 0.15) is 20.7 Å². The Morgan fingerprint density at radius 2 is 1.30 bits per heavy atom. The second-order valence-electron chi connectivity index (χ2n) is 6.02. The van der Waals surface area contributed by atoms with Crippen LogP contribution in [0.25, 0.3) is 0 Å². The maximum Gasteiger partial charge on any atom is 0.269 e. The van der Waals surface area contributed by atoms with E-state index in [-0.39, 0.29) is 43.3 Å². The highest BCUT2D eigenvalue weighted by molar-refractivity contribution is 5.96. The van der Waals surface area contributed by atoms with Gasteiger partial charge >= 0.3 is 0 Å². The second-order valence-corrected chi connectivity index (χ2v) is 6.02. The van der Waals surface area contributed by atoms with Crippen LogP contribution in [0.3, 0.4) is 0 Å². The van der Waals surface area contributed by atoms with Crippen molar-refractivity contribution in [1.29, 1.82) is 0 Å². The number of hydrogen-bond acceptors (Lipinski definition) is 4. The summed E-state index contributed by atoms with van der Waals surface area (Å²) in [6.45, 7) is 1.03. The molecule has 9 heteroatoms. The highest BCUT2D eigenvalue weighted by atomic mass is 19.2. The molecule has 140 valence electrons. The molecule has 0 radical (unpaired) electrons. The summed E-state index contributed by atoms with van der Waals surface area (Å²) in [7, 11) is 0. The number of halogens is 2. The minimum Gasteiger partial charge on any atom is -0.335 e. The zero-order chi connectivity index (χ0) is 19.6. The van der Waals surface area contributed by atoms with Crippen molar-refractivity contribution in [2.75, 3.05) is 26.2 Å². The van der Waals surface area contributed by atoms with Gasteiger partial charge in [0.05, 0.1) is 4.92 Å². The van der Waals surface area contributed by atoms with E-state index in [9.17, 15) is 28.5 Å². The molecule has 0 bridgehead atoms. The number of nitro groups is 1. The van der Waals surface area contributed by atoms with Gasteiger partial charge in [-0.1, -0.05) is 0 Å². The number of carbonyl (C=O) groups is 2. The number of piperazine rings is 1. The first-order valence-electron chi connectivity index (χ1n) is 8.15. The van der Waals surface area contributed by atoms with Crippen molar-refractivity contribution in [3.05, 3.63) is 75.3 Å². The Bertz CT molecular complexity index is 894. The molecule has 0 N–H and O–H groups in total. The van der Waals surface area contributed by atoms with E-state index in [1.54, 1.807) is 0 Å². The zero-order valence-corrected chi connectivity index (χ0v) is 14.1. The van der Waals surface area contributed by atoms with Gasteiger partial charge in [-0.05, 0) is 30.3 Å². The molecule has 1 saturated heterocycles. The molecule has 7 nitrogen and oxygen atoms in total. The summed E-state index contributed by atoms with van der Waals surface area (Å²) in [5, 5.41) is 10.7. The minimum atomic E-state index is -1.09. The molecule has 1 aliphatic rings. The molecule has 1 heterocycles. The van der Waals surface area contributed by atoms with Crippen LogP contribution in [0.15, 0.2) is 42.5 Å². The van der Waals surface area contributed by atoms with Gasteiger partial charge in [-0.3, -0.25) is 19.7 Å². The van der Waals surface area contributed by atoms with E-state index in [2.05, 4.69) is 0 Å². The summed E-state index contributed by atoms with van der Waals surface area (Å²) in [4.78, 5) is 38.0. The fraction of sp³-hybridized carbons (Fsp3) is 0.222. The smallest absolute Gasteiger partial charge is 0.269 e. The number of carbonyl (C=O) groups excluding carboxylic acids is 2. The third-order valence-corrected chi connectivity index (χ3v) is 4.35. The molecular weight excluding hydrogens is 360 g/mol. The van der Waals surface area contributed by atoms with Gasteiger partial charge in [0, 0.05) is 49.4 Å². The molecule has 2 aromatic rings. The first-order valence-corrected chi connectivity index (χ1v) is 8.15. The lowest BCUT2D eigenvalue weighted by molar-refractivity contribution is -0.384. The maximum absolute atomic E-state index is 13.3. The lowest BCUT2D eigenvalue weighted by atomic mass is 10.1. The molecule has 0 atom stereocenters. The summed E-state index contributed by atoms with van der Waals surface area (Å²) in [5.74, 6) is -2.83. The predicted octanol–water partition coefficient (Wildman–Crippen LogP) is 2.47. The van der Waals surface area contributed by atoms with E-state index in [1.807, 2.05) is 0 Å². The molecule has 3 rings (SSSR count). The SMILES string of the molecule is O=C(c1ccc([N+](=O)[O-])cc1)N1CCN(C(=O)c2ccc(F)c(F)c2)CC1. The lowest BCUT2D eigenvalue weighted by Gasteiger charge is -2.34. The Kier molecular flexibility index (Phi) is 5.11. The summed E-state index contributed by atoms with van der Waals surface area (Å²) in [6, 6.07) is 8.27. The van der Waals surface area contributed by atoms with E-state index >= 15 is 0 Å². The maximum atomic E-state index is 13.3. The van der Waals surface area contributed by atoms with Crippen LogP contribution >= 0.6 is 0 Å². The summed E-state index contributed by atoms with van der Waals surface area (Å²) in [5.41, 5.74) is 0.263. The van der Waals surface area contributed by atoms with E-state index in [1.165, 1.54) is 40.1 Å². The van der Waals surface area contributed by atoms with Crippen LogP contribution in [-0.4, -0.2) is 52.7 Å². The normalized spacial score (nSPS) is 14.1. The van der Waals surface area contributed by atoms with Crippen LogP contribution in [0.2, 0.25) is 0 Å². The first-order chi connectivity index (χ1) is 12.9. The average Bonchev–Trinajstić information content (AvgIpc) is 2.69. The van der Waals surface area contributed by atoms with Gasteiger partial charge in [0.1, 0.15) is 0 Å². The number of benzene rings is 2. The number of nitrogens with zero attached hydrogens (tertiary/aromatic N) is 3. The predicted molar refractivity (Wildman–Crippen MR) is 91.3 cm³/mol. The highest BCUT2D eigenvalue weighted by Crippen LogP contribution is 2.16. The molecule has 0 aliphatic carbocycles. The van der Waals surface area contributed by atoms with Gasteiger partial charge in [0.2, 0.25) is 0 Å². The fourth-order valence-electron chi connectivity index (χ4n) is 2.83. The molecule has 27 heavy (non-hydrogen) atoms. The molecule has 2 aromatic carbocycles. The quantitative estimate of drug-likeness (QED) is 0.609. The third-order valence-electron chi connectivity index (χ3n) is 4.35. The number of amides is 2. The highest BCUT2D eigenvalue weighted by Gasteiger charge is 2.26. The molecule has 0 saturated carbocycles. The molecule has 1 aliphatic heterocycles. The van der Waals surface area contributed by atoms with Crippen molar-refractivity contribution in [2.24, 2.45) is 0 Å². The Morgan fingerprint density at radius 3 is 1.78 bits per heavy atom. The van der Waals surface area contributed by atoms with Crippen LogP contribution in [0.5, 0.6) is 0 Å². The number of rotatable bonds is 3. The van der Waals surface area contributed by atoms with Gasteiger partial charge in [0.15, 0.2) is 11.6 Å². The van der Waals surface area contributed by atoms with Crippen molar-refractivity contribution in [3.63, 3.8) is 0 Å². The van der Waals surface area contributed by atoms with Gasteiger partial charge in [0.25, 0.3) is 17.5 Å². The molecule has 1 fully saturated rings. The van der Waals surface area contributed by atoms with Crippen molar-refractivity contribution >= 4 is 17.5 Å². The summed E-state index contributed by atoms with van der Waals surface area (Å²) < 4.78 is 26.3. The Labute approximate surface area is 152 Å². The van der Waals surface area contributed by atoms with E-state index in [0.717, 1.165) is 12.1 Å². The van der Waals surface area contributed by atoms with E-state index < -0.39 is 22.5 Å². The van der Waals surface area contributed by atoms with Crippen LogP contribution in [0, 0.1) is 21.7 Å². The van der Waals surface area contributed by atoms with Crippen LogP contribution in [0.4, 0.5) is 14.5 Å². The van der Waals surface area contributed by atoms with Gasteiger partial charge in [-0.25, -0.2) is 8.78 Å². The van der Waals surface area contributed by atoms with Crippen molar-refractivity contribution < 1.29 is 23.3 Å². The molecule has 2 amide bonds. The molecule has 0 unspecified atom stereocenters. The van der Waals surface area contributed by atoms with Gasteiger partial charge in [-0.15, -0.1) is 0 Å². The molecule has 0 aromatic heterocycles. The van der Waals surface area contributed by atoms with Crippen molar-refractivity contribution in [2.45, 2.75) is 0 Å². The average molecular weight is 375 g/mol. The third kappa shape index (κ3) is 3.91. The Hall–Kier alpha value is -3.36. The van der Waals surface area contributed by atoms with E-state index in [4.69, 9.17) is 0 Å². The summed E-state index contributed by atoms with van der Waals surface area (Å²) in [6.07, 6.45) is 0. The zero-order valence-electron chi connectivity index (χ0n) is 14.1. The van der Waals surface area contributed by atoms with Crippen molar-refractivity contribution in [1.82, 2.24) is 9.80 Å². The number of non-ortho nitro benzene ring substituents is 1. The standard InChI is InChI=1S/C18H15F2N3O4/c19-15-6-3-13(11-16(15)20)18(25)22-9-7-21(8-10-22)17(24)12-1-4-14(5-2-12)23(26)27/h1-6,11H,7-10H2. The number of hydrogen-bond donors (Lipinski definition) is 0. The van der Waals surface area contributed by atoms with Gasteiger partial charge in [-0.2, -0.15) is 0 Å². The largest absolute Gasteiger partial charge is 0.335 e. The molecule has 0 spiro atoms. The molecular formula is C18H15F2N3O4. The lowest BCUT2D eigenvalue weighted by Crippen LogP contribution is -2.50. The number of nitro benzene ring substituents is 1. The first kappa shape index (κ1) is 18.4. The minimum absolute atomic E-state index is 0.0454. The summed E-state index contributed by atoms with van der Waals surface area (Å²) >= 11 is 0. The Balaban J connectivity index is 1.62. The van der Waals surface area contributed by atoms with Crippen LogP contribution in [-0.2, 0) is 0 Å².